The lowest BCUT2D eigenvalue weighted by Gasteiger charge is -2.10. The van der Waals surface area contributed by atoms with E-state index in [1.54, 1.807) is 43.3 Å². The summed E-state index contributed by atoms with van der Waals surface area (Å²) in [6, 6.07) is 17.0. The van der Waals surface area contributed by atoms with Gasteiger partial charge >= 0.3 is 16.2 Å². The van der Waals surface area contributed by atoms with Gasteiger partial charge in [-0.15, -0.1) is 0 Å². The van der Waals surface area contributed by atoms with Crippen LogP contribution in [0, 0.1) is 10.1 Å². The molecule has 10 nitrogen and oxygen atoms in total. The topological polar surface area (TPSA) is 137 Å². The highest BCUT2D eigenvalue weighted by molar-refractivity contribution is 7.87. The van der Waals surface area contributed by atoms with Crippen LogP contribution in [0.15, 0.2) is 82.8 Å². The number of halogens is 1. The van der Waals surface area contributed by atoms with Gasteiger partial charge in [-0.1, -0.05) is 23.7 Å². The van der Waals surface area contributed by atoms with Gasteiger partial charge in [-0.3, -0.25) is 10.1 Å². The van der Waals surface area contributed by atoms with Crippen molar-refractivity contribution in [3.63, 3.8) is 0 Å². The van der Waals surface area contributed by atoms with Crippen LogP contribution >= 0.6 is 11.6 Å². The molecule has 0 aliphatic heterocycles. The smallest absolute Gasteiger partial charge is 0.427 e. The van der Waals surface area contributed by atoms with E-state index in [1.165, 1.54) is 12.1 Å². The second-order valence-corrected chi connectivity index (χ2v) is 8.60. The average Bonchev–Trinajstić information content (AvgIpc) is 2.81. The van der Waals surface area contributed by atoms with Gasteiger partial charge in [0.05, 0.1) is 17.2 Å². The molecule has 34 heavy (non-hydrogen) atoms. The van der Waals surface area contributed by atoms with Gasteiger partial charge < -0.3 is 8.92 Å². The molecule has 0 fully saturated rings. The molecule has 1 N–H and O–H groups in total. The van der Waals surface area contributed by atoms with E-state index in [0.29, 0.717) is 21.9 Å². The number of rotatable bonds is 8. The molecule has 3 rings (SSSR count). The summed E-state index contributed by atoms with van der Waals surface area (Å²) >= 11 is 5.95. The summed E-state index contributed by atoms with van der Waals surface area (Å²) in [5, 5.41) is 15.4. The van der Waals surface area contributed by atoms with Gasteiger partial charge in [0.15, 0.2) is 0 Å². The standard InChI is InChI=1S/C22H18ClN3O7S/c1-2-32-22(27)25-24-21(15-3-7-17(23)8-4-15)16-5-11-19(12-6-16)33-34(30,31)20-13-9-18(10-14-20)26(28)29/h3-14H,2H2,1H3,(H,25,27). The van der Waals surface area contributed by atoms with Gasteiger partial charge in [0.25, 0.3) is 5.69 Å². The lowest BCUT2D eigenvalue weighted by molar-refractivity contribution is -0.384. The first-order valence-corrected chi connectivity index (χ1v) is 11.5. The molecule has 0 saturated heterocycles. The predicted octanol–water partition coefficient (Wildman–Crippen LogP) is 4.51. The number of carbonyl (C=O) groups excluding carboxylic acids is 1. The number of benzene rings is 3. The van der Waals surface area contributed by atoms with Gasteiger partial charge in [0.1, 0.15) is 10.6 Å². The number of hydrogen-bond acceptors (Lipinski definition) is 8. The third-order valence-electron chi connectivity index (χ3n) is 4.32. The van der Waals surface area contributed by atoms with E-state index in [0.717, 1.165) is 24.3 Å². The van der Waals surface area contributed by atoms with E-state index in [4.69, 9.17) is 20.5 Å². The van der Waals surface area contributed by atoms with Crippen molar-refractivity contribution in [1.82, 2.24) is 5.43 Å². The third kappa shape index (κ3) is 6.30. The maximum atomic E-state index is 12.5. The lowest BCUT2D eigenvalue weighted by atomic mass is 10.0. The lowest BCUT2D eigenvalue weighted by Crippen LogP contribution is -2.21. The molecule has 0 aromatic heterocycles. The monoisotopic (exact) mass is 503 g/mol. The molecule has 0 spiro atoms. The third-order valence-corrected chi connectivity index (χ3v) is 5.84. The number of nitro groups is 1. The van der Waals surface area contributed by atoms with E-state index in [1.807, 2.05) is 0 Å². The molecule has 12 heteroatoms. The summed E-state index contributed by atoms with van der Waals surface area (Å²) in [6.45, 7) is 1.83. The number of nitro benzene ring substituents is 1. The zero-order valence-electron chi connectivity index (χ0n) is 17.7. The van der Waals surface area contributed by atoms with E-state index >= 15 is 0 Å². The van der Waals surface area contributed by atoms with Crippen molar-refractivity contribution < 1.29 is 27.1 Å². The van der Waals surface area contributed by atoms with Crippen LogP contribution in [0.25, 0.3) is 0 Å². The van der Waals surface area contributed by atoms with Crippen molar-refractivity contribution in [3.05, 3.63) is 99.1 Å². The minimum absolute atomic E-state index is 0.0101. The van der Waals surface area contributed by atoms with Crippen LogP contribution in [-0.2, 0) is 14.9 Å². The summed E-state index contributed by atoms with van der Waals surface area (Å²) in [5.74, 6) is 0.0101. The molecule has 0 unspecified atom stereocenters. The van der Waals surface area contributed by atoms with Crippen molar-refractivity contribution >= 4 is 39.2 Å². The van der Waals surface area contributed by atoms with E-state index < -0.39 is 21.1 Å². The van der Waals surface area contributed by atoms with E-state index in [9.17, 15) is 23.3 Å². The first kappa shape index (κ1) is 24.7. The number of hydrazone groups is 1. The van der Waals surface area contributed by atoms with Crippen molar-refractivity contribution in [2.75, 3.05) is 6.61 Å². The molecule has 0 heterocycles. The Morgan fingerprint density at radius 1 is 1.00 bits per heavy atom. The Morgan fingerprint density at radius 3 is 2.09 bits per heavy atom. The van der Waals surface area contributed by atoms with E-state index in [-0.39, 0.29) is 22.9 Å². The predicted molar refractivity (Wildman–Crippen MR) is 125 cm³/mol. The molecule has 3 aromatic carbocycles. The van der Waals surface area contributed by atoms with Crippen molar-refractivity contribution in [1.29, 1.82) is 0 Å². The molecule has 0 radical (unpaired) electrons. The Kier molecular flexibility index (Phi) is 7.82. The first-order valence-electron chi connectivity index (χ1n) is 9.75. The van der Waals surface area contributed by atoms with Crippen LogP contribution in [0.4, 0.5) is 10.5 Å². The molecule has 0 atom stereocenters. The van der Waals surface area contributed by atoms with Crippen LogP contribution in [0.3, 0.4) is 0 Å². The molecule has 0 bridgehead atoms. The van der Waals surface area contributed by atoms with Crippen LogP contribution < -0.4 is 9.61 Å². The molecule has 3 aromatic rings. The fourth-order valence-corrected chi connectivity index (χ4v) is 3.80. The van der Waals surface area contributed by atoms with Gasteiger partial charge in [-0.05, 0) is 55.5 Å². The van der Waals surface area contributed by atoms with E-state index in [2.05, 4.69) is 10.5 Å². The molecule has 0 aliphatic rings. The highest BCUT2D eigenvalue weighted by Crippen LogP contribution is 2.23. The highest BCUT2D eigenvalue weighted by atomic mass is 35.5. The van der Waals surface area contributed by atoms with Gasteiger partial charge in [0.2, 0.25) is 0 Å². The molecule has 0 aliphatic carbocycles. The molecular weight excluding hydrogens is 486 g/mol. The van der Waals surface area contributed by atoms with Crippen LogP contribution in [-0.4, -0.2) is 31.8 Å². The Hall–Kier alpha value is -3.96. The number of ether oxygens (including phenoxy) is 1. The summed E-state index contributed by atoms with van der Waals surface area (Å²) in [4.78, 5) is 21.6. The Bertz CT molecular complexity index is 1310. The summed E-state index contributed by atoms with van der Waals surface area (Å²) in [5.41, 5.74) is 3.60. The van der Waals surface area contributed by atoms with Gasteiger partial charge in [-0.25, -0.2) is 10.2 Å². The highest BCUT2D eigenvalue weighted by Gasteiger charge is 2.19. The maximum absolute atomic E-state index is 12.5. The van der Waals surface area contributed by atoms with Gasteiger partial charge in [-0.2, -0.15) is 13.5 Å². The normalized spacial score (nSPS) is 11.5. The second-order valence-electron chi connectivity index (χ2n) is 6.61. The number of amides is 1. The quantitative estimate of drug-likeness (QED) is 0.206. The van der Waals surface area contributed by atoms with Crippen molar-refractivity contribution in [3.8, 4) is 5.75 Å². The molecule has 1 amide bonds. The molecule has 176 valence electrons. The summed E-state index contributed by atoms with van der Waals surface area (Å²) < 4.78 is 35.0. The fourth-order valence-electron chi connectivity index (χ4n) is 2.75. The zero-order valence-corrected chi connectivity index (χ0v) is 19.2. The largest absolute Gasteiger partial charge is 0.449 e. The Labute approximate surface area is 200 Å². The molecular formula is C22H18ClN3O7S. The minimum atomic E-state index is -4.21. The first-order chi connectivity index (χ1) is 16.2. The van der Waals surface area contributed by atoms with Crippen LogP contribution in [0.5, 0.6) is 5.75 Å². The van der Waals surface area contributed by atoms with Gasteiger partial charge in [0, 0.05) is 28.3 Å². The average molecular weight is 504 g/mol. The Morgan fingerprint density at radius 2 is 1.56 bits per heavy atom. The maximum Gasteiger partial charge on any atom is 0.427 e. The number of nitrogens with zero attached hydrogens (tertiary/aromatic N) is 2. The zero-order chi connectivity index (χ0) is 24.7. The SMILES string of the molecule is CCOC(=O)NN=C(c1ccc(Cl)cc1)c1ccc(OS(=O)(=O)c2ccc([N+](=O)[O-])cc2)cc1. The number of non-ortho nitro benzene ring substituents is 1. The van der Waals surface area contributed by atoms with Crippen molar-refractivity contribution in [2.45, 2.75) is 11.8 Å². The number of carbonyl (C=O) groups is 1. The number of nitrogens with one attached hydrogen (secondary N) is 1. The summed E-state index contributed by atoms with van der Waals surface area (Å²) in [7, 11) is -4.21. The van der Waals surface area contributed by atoms with Crippen molar-refractivity contribution in [2.24, 2.45) is 5.10 Å². The second kappa shape index (κ2) is 10.8. The van der Waals surface area contributed by atoms with Crippen LogP contribution in [0.2, 0.25) is 5.02 Å². The Balaban J connectivity index is 1.85. The van der Waals surface area contributed by atoms with Crippen LogP contribution in [0.1, 0.15) is 18.1 Å². The fraction of sp³-hybridized carbons (Fsp3) is 0.0909. The summed E-state index contributed by atoms with van der Waals surface area (Å²) in [6.07, 6.45) is -0.733. The minimum Gasteiger partial charge on any atom is -0.449 e. The molecule has 0 saturated carbocycles. The number of hydrogen-bond donors (Lipinski definition) is 1.